The molecule has 0 N–H and O–H groups in total. The van der Waals surface area contributed by atoms with E-state index in [4.69, 9.17) is 4.52 Å². The number of benzene rings is 1. The summed E-state index contributed by atoms with van der Waals surface area (Å²) in [5.74, 6) is -12.0. The molecule has 300 valence electrons. The second-order valence-electron chi connectivity index (χ2n) is 15.6. The molecule has 2 nitrogen and oxygen atoms in total. The van der Waals surface area contributed by atoms with Gasteiger partial charge in [0.2, 0.25) is 0 Å². The first-order chi connectivity index (χ1) is 24.6. The molecule has 1 aromatic rings. The van der Waals surface area contributed by atoms with Gasteiger partial charge in [-0.15, -0.1) is 0 Å². The third kappa shape index (κ3) is 18.1. The van der Waals surface area contributed by atoms with Crippen molar-refractivity contribution in [2.45, 2.75) is 207 Å². The monoisotopic (exact) mass is 751 g/mol. The van der Waals surface area contributed by atoms with Gasteiger partial charge in [0.25, 0.3) is 0 Å². The van der Waals surface area contributed by atoms with E-state index in [2.05, 4.69) is 27.7 Å². The van der Waals surface area contributed by atoms with E-state index in [1.165, 1.54) is 77.0 Å². The van der Waals surface area contributed by atoms with Gasteiger partial charge >= 0.3 is 311 Å². The average molecular weight is 751 g/mol. The number of halogens is 5. The van der Waals surface area contributed by atoms with E-state index in [1.54, 1.807) is 0 Å². The molecule has 0 spiro atoms. The quantitative estimate of drug-likeness (QED) is 0.0230. The van der Waals surface area contributed by atoms with E-state index in [1.807, 2.05) is 0 Å². The summed E-state index contributed by atoms with van der Waals surface area (Å²) in [6.45, 7) is 5.25. The summed E-state index contributed by atoms with van der Waals surface area (Å²) in [5.41, 5.74) is -1.43. The van der Waals surface area contributed by atoms with Crippen LogP contribution in [-0.4, -0.2) is 30.6 Å². The molecule has 0 amide bonds. The Morgan fingerprint density at radius 2 is 0.588 bits per heavy atom. The van der Waals surface area contributed by atoms with Crippen LogP contribution in [-0.2, 0) is 4.52 Å². The minimum absolute atomic E-state index is 0.669. The van der Waals surface area contributed by atoms with Crippen LogP contribution in [0.15, 0.2) is 0 Å². The van der Waals surface area contributed by atoms with Gasteiger partial charge in [-0.25, -0.2) is 0 Å². The van der Waals surface area contributed by atoms with Gasteiger partial charge in [0.15, 0.2) is 0 Å². The predicted molar refractivity (Wildman–Crippen MR) is 210 cm³/mol. The first kappa shape index (κ1) is 47.8. The van der Waals surface area contributed by atoms with Crippen molar-refractivity contribution in [1.29, 1.82) is 0 Å². The van der Waals surface area contributed by atoms with Crippen molar-refractivity contribution >= 4 is 12.8 Å². The van der Waals surface area contributed by atoms with Gasteiger partial charge in [0, 0.05) is 0 Å². The number of rotatable bonds is 34. The summed E-state index contributed by atoms with van der Waals surface area (Å²) in [7, 11) is 0. The number of hydrogen-bond donors (Lipinski definition) is 0. The molecular formula is C43H76F5O2P. The van der Waals surface area contributed by atoms with Crippen molar-refractivity contribution in [2.24, 2.45) is 0 Å². The number of carbonyl (C=O) groups excluding carboxylic acids is 1. The van der Waals surface area contributed by atoms with Crippen molar-refractivity contribution in [3.8, 4) is 0 Å². The van der Waals surface area contributed by atoms with Crippen molar-refractivity contribution in [3.63, 3.8) is 0 Å². The SMILES string of the molecule is CCCCCCCCCP(CCCCCCCCC)(CCCCCCCCC)(CCCCCCCCC)OC(=O)c1c(F)c(F)c(F)c(F)c1F. The topological polar surface area (TPSA) is 26.3 Å². The van der Waals surface area contributed by atoms with Gasteiger partial charge in [0.1, 0.15) is 0 Å². The third-order valence-corrected chi connectivity index (χ3v) is 17.5. The molecule has 0 aromatic heterocycles. The normalized spacial score (nSPS) is 12.7. The summed E-state index contributed by atoms with van der Waals surface area (Å²) in [5, 5.41) is 0. The molecule has 0 bridgehead atoms. The van der Waals surface area contributed by atoms with Gasteiger partial charge in [0.05, 0.1) is 0 Å². The van der Waals surface area contributed by atoms with E-state index in [0.717, 1.165) is 103 Å². The third-order valence-electron chi connectivity index (χ3n) is 11.1. The summed E-state index contributed by atoms with van der Waals surface area (Å²) >= 11 is 0. The Morgan fingerprint density at radius 1 is 0.373 bits per heavy atom. The molecule has 0 atom stereocenters. The molecule has 0 saturated carbocycles. The predicted octanol–water partition coefficient (Wildman–Crippen LogP) is 16.0. The van der Waals surface area contributed by atoms with Crippen LogP contribution in [0.4, 0.5) is 22.0 Å². The number of unbranched alkanes of at least 4 members (excludes halogenated alkanes) is 24. The molecule has 0 aliphatic rings. The second-order valence-corrected chi connectivity index (χ2v) is 21.2. The fourth-order valence-electron chi connectivity index (χ4n) is 7.79. The fourth-order valence-corrected chi connectivity index (χ4v) is 14.2. The van der Waals surface area contributed by atoms with Crippen LogP contribution >= 0.6 is 6.83 Å². The summed E-state index contributed by atoms with van der Waals surface area (Å²) in [6.07, 6.45) is 33.0. The minimum atomic E-state index is -3.53. The van der Waals surface area contributed by atoms with Gasteiger partial charge in [-0.3, -0.25) is 0 Å². The zero-order valence-electron chi connectivity index (χ0n) is 33.3. The van der Waals surface area contributed by atoms with Crippen molar-refractivity contribution in [3.05, 3.63) is 34.6 Å². The first-order valence-electron chi connectivity index (χ1n) is 21.4. The Balaban J connectivity index is 3.57. The fraction of sp³-hybridized carbons (Fsp3) is 0.837. The molecule has 51 heavy (non-hydrogen) atoms. The van der Waals surface area contributed by atoms with Crippen LogP contribution in [0.2, 0.25) is 0 Å². The number of hydrogen-bond acceptors (Lipinski definition) is 2. The summed E-state index contributed by atoms with van der Waals surface area (Å²) < 4.78 is 79.9. The number of carbonyl (C=O) groups is 1. The van der Waals surface area contributed by atoms with Crippen molar-refractivity contribution in [2.75, 3.05) is 24.6 Å². The maximum absolute atomic E-state index is 15.2. The van der Waals surface area contributed by atoms with Crippen LogP contribution in [0.5, 0.6) is 0 Å². The molecule has 0 radical (unpaired) electrons. The van der Waals surface area contributed by atoms with Gasteiger partial charge < -0.3 is 0 Å². The Morgan fingerprint density at radius 3 is 0.843 bits per heavy atom. The zero-order chi connectivity index (χ0) is 37.8. The van der Waals surface area contributed by atoms with E-state index in [-0.39, 0.29) is 0 Å². The summed E-state index contributed by atoms with van der Waals surface area (Å²) in [6, 6.07) is 0. The van der Waals surface area contributed by atoms with Gasteiger partial charge in [-0.2, -0.15) is 0 Å². The molecule has 8 heteroatoms. The van der Waals surface area contributed by atoms with Gasteiger partial charge in [-0.1, -0.05) is 0 Å². The van der Waals surface area contributed by atoms with Crippen molar-refractivity contribution < 1.29 is 31.3 Å². The molecule has 0 unspecified atom stereocenters. The van der Waals surface area contributed by atoms with Gasteiger partial charge in [-0.05, 0) is 0 Å². The molecule has 0 fully saturated rings. The van der Waals surface area contributed by atoms with E-state index >= 15 is 8.78 Å². The molecule has 0 heterocycles. The molecule has 1 rings (SSSR count). The van der Waals surface area contributed by atoms with Crippen LogP contribution in [0, 0.1) is 29.1 Å². The van der Waals surface area contributed by atoms with Crippen LogP contribution in [0.3, 0.4) is 0 Å². The zero-order valence-corrected chi connectivity index (χ0v) is 34.2. The maximum atomic E-state index is 15.2. The average Bonchev–Trinajstić information content (AvgIpc) is 3.12. The van der Waals surface area contributed by atoms with E-state index in [9.17, 15) is 18.0 Å². The Kier molecular flexibility index (Phi) is 26.5. The molecule has 0 aliphatic heterocycles. The van der Waals surface area contributed by atoms with E-state index in [0.29, 0.717) is 24.6 Å². The Labute approximate surface area is 310 Å². The van der Waals surface area contributed by atoms with Crippen molar-refractivity contribution in [1.82, 2.24) is 0 Å². The standard InChI is InChI=1S/C43H76F5O2P/c1-5-9-13-17-21-25-29-33-51(34-30-26-22-18-14-10-6-2,35-31-27-23-19-15-11-7-3,36-32-28-24-20-16-12-8-4)50-43(49)37-38(44)40(46)42(48)41(47)39(37)45/h5-36H2,1-4H3. The summed E-state index contributed by atoms with van der Waals surface area (Å²) in [4.78, 5) is 14.0. The Bertz CT molecular complexity index is 953. The molecule has 0 aliphatic carbocycles. The molecule has 0 saturated heterocycles. The molecular weight excluding hydrogens is 674 g/mol. The second kappa shape index (κ2) is 28.2. The van der Waals surface area contributed by atoms with Crippen LogP contribution in [0.25, 0.3) is 0 Å². The van der Waals surface area contributed by atoms with E-state index < -0.39 is 47.4 Å². The Hall–Kier alpha value is -1.23. The van der Waals surface area contributed by atoms with Crippen LogP contribution < -0.4 is 0 Å². The van der Waals surface area contributed by atoms with Crippen LogP contribution in [0.1, 0.15) is 218 Å². The molecule has 1 aromatic carbocycles. The first-order valence-corrected chi connectivity index (χ1v) is 24.3.